The Kier molecular flexibility index (Phi) is 31.2. The molecular formula is C36H68NO10P. The summed E-state index contributed by atoms with van der Waals surface area (Å²) in [6.45, 7) is 2.75. The molecular weight excluding hydrogens is 637 g/mol. The third-order valence-corrected chi connectivity index (χ3v) is 8.96. The quantitative estimate of drug-likeness (QED) is 0.0249. The summed E-state index contributed by atoms with van der Waals surface area (Å²) < 4.78 is 32.5. The van der Waals surface area contributed by atoms with Crippen LogP contribution in [0.3, 0.4) is 0 Å². The van der Waals surface area contributed by atoms with Gasteiger partial charge in [0.15, 0.2) is 6.10 Å². The Morgan fingerprint density at radius 2 is 1.04 bits per heavy atom. The van der Waals surface area contributed by atoms with Crippen molar-refractivity contribution in [2.24, 2.45) is 5.73 Å². The van der Waals surface area contributed by atoms with Gasteiger partial charge in [-0.3, -0.25) is 23.4 Å². The monoisotopic (exact) mass is 705 g/mol. The molecule has 11 nitrogen and oxygen atoms in total. The fourth-order valence-electron chi connectivity index (χ4n) is 5.00. The second kappa shape index (κ2) is 32.4. The summed E-state index contributed by atoms with van der Waals surface area (Å²) in [4.78, 5) is 45.6. The van der Waals surface area contributed by atoms with E-state index in [1.165, 1.54) is 70.6 Å². The van der Waals surface area contributed by atoms with Gasteiger partial charge in [-0.15, -0.1) is 0 Å². The van der Waals surface area contributed by atoms with Crippen molar-refractivity contribution >= 4 is 25.7 Å². The number of carboxylic acids is 1. The highest BCUT2D eigenvalue weighted by Gasteiger charge is 2.28. The van der Waals surface area contributed by atoms with Crippen LogP contribution in [-0.2, 0) is 37.5 Å². The number of carbonyl (C=O) groups excluding carboxylic acids is 2. The number of carboxylic acid groups (broad SMARTS) is 1. The first-order chi connectivity index (χ1) is 23.1. The Bertz CT molecular complexity index is 885. The number of allylic oxidation sites excluding steroid dienone is 2. The Labute approximate surface area is 290 Å². The van der Waals surface area contributed by atoms with Gasteiger partial charge in [0.25, 0.3) is 0 Å². The molecule has 0 spiro atoms. The van der Waals surface area contributed by atoms with Crippen LogP contribution in [0.15, 0.2) is 12.2 Å². The van der Waals surface area contributed by atoms with Crippen molar-refractivity contribution in [3.63, 3.8) is 0 Å². The van der Waals surface area contributed by atoms with Crippen LogP contribution in [0.2, 0.25) is 0 Å². The van der Waals surface area contributed by atoms with E-state index in [4.69, 9.17) is 24.8 Å². The highest BCUT2D eigenvalue weighted by atomic mass is 31.2. The average molecular weight is 706 g/mol. The number of esters is 2. The van der Waals surface area contributed by atoms with E-state index in [-0.39, 0.29) is 19.4 Å². The highest BCUT2D eigenvalue weighted by molar-refractivity contribution is 7.47. The van der Waals surface area contributed by atoms with Gasteiger partial charge in [0.05, 0.1) is 13.2 Å². The molecule has 0 saturated carbocycles. The molecule has 0 aliphatic carbocycles. The van der Waals surface area contributed by atoms with Crippen LogP contribution in [0.1, 0.15) is 168 Å². The van der Waals surface area contributed by atoms with E-state index >= 15 is 0 Å². The number of carbonyl (C=O) groups is 3. The number of hydrogen-bond donors (Lipinski definition) is 3. The van der Waals surface area contributed by atoms with Gasteiger partial charge >= 0.3 is 25.7 Å². The zero-order chi connectivity index (χ0) is 35.7. The third-order valence-electron chi connectivity index (χ3n) is 8.01. The lowest BCUT2D eigenvalue weighted by Gasteiger charge is -2.20. The molecule has 282 valence electrons. The number of unbranched alkanes of at least 4 members (excludes halogenated alkanes) is 19. The zero-order valence-electron chi connectivity index (χ0n) is 30.1. The van der Waals surface area contributed by atoms with Crippen molar-refractivity contribution < 1.29 is 47.5 Å². The SMILES string of the molecule is CCCCCC/C=C\CCCCCCCC(=O)O[C@H](COC(=O)CCCCCCCCCCCCC)COP(=O)(O)OC[C@H](N)C(=O)O. The first-order valence-electron chi connectivity index (χ1n) is 18.7. The smallest absolute Gasteiger partial charge is 0.472 e. The highest BCUT2D eigenvalue weighted by Crippen LogP contribution is 2.43. The Morgan fingerprint density at radius 1 is 0.625 bits per heavy atom. The normalized spacial score (nSPS) is 14.1. The maximum absolute atomic E-state index is 12.5. The van der Waals surface area contributed by atoms with Crippen LogP contribution in [0.4, 0.5) is 0 Å². The molecule has 4 N–H and O–H groups in total. The van der Waals surface area contributed by atoms with Gasteiger partial charge < -0.3 is 25.2 Å². The topological polar surface area (TPSA) is 172 Å². The molecule has 48 heavy (non-hydrogen) atoms. The van der Waals surface area contributed by atoms with Gasteiger partial charge in [0.2, 0.25) is 0 Å². The average Bonchev–Trinajstić information content (AvgIpc) is 3.05. The molecule has 0 aliphatic rings. The number of phosphoric acid groups is 1. The van der Waals surface area contributed by atoms with E-state index in [2.05, 4.69) is 30.5 Å². The van der Waals surface area contributed by atoms with Crippen molar-refractivity contribution in [2.75, 3.05) is 19.8 Å². The predicted octanol–water partition coefficient (Wildman–Crippen LogP) is 8.95. The number of nitrogens with two attached hydrogens (primary N) is 1. The summed E-state index contributed by atoms with van der Waals surface area (Å²) in [6.07, 6.45) is 28.5. The maximum atomic E-state index is 12.5. The zero-order valence-corrected chi connectivity index (χ0v) is 31.0. The minimum atomic E-state index is -4.70. The first kappa shape index (κ1) is 46.2. The number of phosphoric ester groups is 1. The number of aliphatic carboxylic acids is 1. The maximum Gasteiger partial charge on any atom is 0.472 e. The molecule has 12 heteroatoms. The van der Waals surface area contributed by atoms with Crippen molar-refractivity contribution in [3.8, 4) is 0 Å². The summed E-state index contributed by atoms with van der Waals surface area (Å²) in [5, 5.41) is 8.84. The van der Waals surface area contributed by atoms with Crippen molar-refractivity contribution in [1.82, 2.24) is 0 Å². The Balaban J connectivity index is 4.46. The van der Waals surface area contributed by atoms with Crippen molar-refractivity contribution in [3.05, 3.63) is 12.2 Å². The van der Waals surface area contributed by atoms with Crippen LogP contribution in [0, 0.1) is 0 Å². The van der Waals surface area contributed by atoms with E-state index in [0.29, 0.717) is 12.8 Å². The van der Waals surface area contributed by atoms with Crippen molar-refractivity contribution in [2.45, 2.75) is 180 Å². The minimum absolute atomic E-state index is 0.154. The first-order valence-corrected chi connectivity index (χ1v) is 20.2. The standard InChI is InChI=1S/C36H68NO10P/c1-3-5-7-9-11-13-15-16-18-20-22-24-26-28-35(39)47-32(30-45-48(42,43)46-31-33(37)36(40)41)29-44-34(38)27-25-23-21-19-17-14-12-10-8-6-4-2/h13,15,32-33H,3-12,14,16-31,37H2,1-2H3,(H,40,41)(H,42,43)/b15-13-/t32-,33+/m1/s1. The number of rotatable bonds is 35. The molecule has 0 radical (unpaired) electrons. The molecule has 0 aliphatic heterocycles. The summed E-state index contributed by atoms with van der Waals surface area (Å²) in [7, 11) is -4.70. The van der Waals surface area contributed by atoms with Gasteiger partial charge in [-0.2, -0.15) is 0 Å². The fourth-order valence-corrected chi connectivity index (χ4v) is 5.78. The van der Waals surface area contributed by atoms with E-state index in [1.807, 2.05) is 0 Å². The largest absolute Gasteiger partial charge is 0.480 e. The molecule has 0 heterocycles. The number of hydrogen-bond acceptors (Lipinski definition) is 9. The fraction of sp³-hybridized carbons (Fsp3) is 0.861. The number of ether oxygens (including phenoxy) is 2. The molecule has 0 rings (SSSR count). The molecule has 0 fully saturated rings. The van der Waals surface area contributed by atoms with E-state index in [1.54, 1.807) is 0 Å². The molecule has 0 aromatic carbocycles. The predicted molar refractivity (Wildman–Crippen MR) is 189 cm³/mol. The second-order valence-corrected chi connectivity index (χ2v) is 14.2. The van der Waals surface area contributed by atoms with Crippen LogP contribution in [-0.4, -0.2) is 59.9 Å². The van der Waals surface area contributed by atoms with Gasteiger partial charge in [-0.25, -0.2) is 4.57 Å². The summed E-state index contributed by atoms with van der Waals surface area (Å²) >= 11 is 0. The van der Waals surface area contributed by atoms with Crippen LogP contribution < -0.4 is 5.73 Å². The molecule has 0 bridgehead atoms. The molecule has 1 unspecified atom stereocenters. The Morgan fingerprint density at radius 3 is 1.54 bits per heavy atom. The molecule has 0 amide bonds. The summed E-state index contributed by atoms with van der Waals surface area (Å²) in [5.74, 6) is -2.39. The van der Waals surface area contributed by atoms with Crippen LogP contribution >= 0.6 is 7.82 Å². The van der Waals surface area contributed by atoms with Crippen LogP contribution in [0.25, 0.3) is 0 Å². The molecule has 0 aromatic rings. The Hall–Kier alpha value is -1.78. The van der Waals surface area contributed by atoms with Gasteiger partial charge in [0, 0.05) is 12.8 Å². The molecule has 0 aromatic heterocycles. The molecule has 3 atom stereocenters. The van der Waals surface area contributed by atoms with Crippen molar-refractivity contribution in [1.29, 1.82) is 0 Å². The lowest BCUT2D eigenvalue weighted by Crippen LogP contribution is -2.34. The van der Waals surface area contributed by atoms with Gasteiger partial charge in [0.1, 0.15) is 12.6 Å². The van der Waals surface area contributed by atoms with E-state index in [9.17, 15) is 23.8 Å². The summed E-state index contributed by atoms with van der Waals surface area (Å²) in [5.41, 5.74) is 5.31. The van der Waals surface area contributed by atoms with Gasteiger partial charge in [-0.1, -0.05) is 129 Å². The lowest BCUT2D eigenvalue weighted by atomic mass is 10.1. The van der Waals surface area contributed by atoms with Crippen LogP contribution in [0.5, 0.6) is 0 Å². The minimum Gasteiger partial charge on any atom is -0.480 e. The van der Waals surface area contributed by atoms with E-state index in [0.717, 1.165) is 57.8 Å². The van der Waals surface area contributed by atoms with Gasteiger partial charge in [-0.05, 0) is 38.5 Å². The molecule has 0 saturated heterocycles. The summed E-state index contributed by atoms with van der Waals surface area (Å²) in [6, 6.07) is -1.52. The lowest BCUT2D eigenvalue weighted by molar-refractivity contribution is -0.161. The third kappa shape index (κ3) is 31.5. The van der Waals surface area contributed by atoms with E-state index < -0.39 is 51.1 Å². The second-order valence-electron chi connectivity index (χ2n) is 12.7.